The van der Waals surface area contributed by atoms with E-state index in [4.69, 9.17) is 4.74 Å². The van der Waals surface area contributed by atoms with Crippen molar-refractivity contribution >= 4 is 0 Å². The van der Waals surface area contributed by atoms with Gasteiger partial charge in [0.05, 0.1) is 18.9 Å². The third kappa shape index (κ3) is 3.39. The zero-order valence-corrected chi connectivity index (χ0v) is 12.3. The van der Waals surface area contributed by atoms with Gasteiger partial charge >= 0.3 is 0 Å². The number of aliphatic hydroxyl groups excluding tert-OH is 1. The van der Waals surface area contributed by atoms with Crippen LogP contribution in [0.4, 0.5) is 0 Å². The van der Waals surface area contributed by atoms with E-state index in [1.807, 2.05) is 31.2 Å². The number of aliphatic hydroxyl groups is 1. The number of nitrogens with zero attached hydrogens (tertiary/aromatic N) is 1. The molecule has 108 valence electrons. The molecule has 0 saturated carbocycles. The van der Waals surface area contributed by atoms with Crippen LogP contribution in [0, 0.1) is 12.8 Å². The normalized spacial score (nSPS) is 11.1. The maximum atomic E-state index is 9.43. The third-order valence-electron chi connectivity index (χ3n) is 3.30. The minimum Gasteiger partial charge on any atom is -0.494 e. The maximum absolute atomic E-state index is 9.43. The van der Waals surface area contributed by atoms with Gasteiger partial charge in [0.15, 0.2) is 0 Å². The molecule has 0 unspecified atom stereocenters. The summed E-state index contributed by atoms with van der Waals surface area (Å²) in [5.74, 6) is 1.47. The van der Waals surface area contributed by atoms with Crippen molar-refractivity contribution in [3.63, 3.8) is 0 Å². The van der Waals surface area contributed by atoms with Gasteiger partial charge in [-0.15, -0.1) is 0 Å². The van der Waals surface area contributed by atoms with Crippen LogP contribution in [-0.2, 0) is 6.61 Å². The minimum atomic E-state index is -0.0178. The molecule has 1 aromatic heterocycles. The van der Waals surface area contributed by atoms with Gasteiger partial charge in [0, 0.05) is 16.8 Å². The fourth-order valence-electron chi connectivity index (χ4n) is 2.03. The Kier molecular flexibility index (Phi) is 4.79. The number of aromatic nitrogens is 2. The molecule has 0 saturated heterocycles. The summed E-state index contributed by atoms with van der Waals surface area (Å²) in [4.78, 5) is 0. The van der Waals surface area contributed by atoms with E-state index in [1.165, 1.54) is 0 Å². The molecule has 0 fully saturated rings. The molecule has 0 bridgehead atoms. The summed E-state index contributed by atoms with van der Waals surface area (Å²) in [6.45, 7) is 6.97. The Morgan fingerprint density at radius 1 is 1.35 bits per heavy atom. The van der Waals surface area contributed by atoms with Crippen molar-refractivity contribution < 1.29 is 9.84 Å². The largest absolute Gasteiger partial charge is 0.494 e. The van der Waals surface area contributed by atoms with Gasteiger partial charge in [-0.25, -0.2) is 0 Å². The van der Waals surface area contributed by atoms with Gasteiger partial charge in [-0.2, -0.15) is 5.10 Å². The first-order valence-electron chi connectivity index (χ1n) is 6.99. The van der Waals surface area contributed by atoms with E-state index in [-0.39, 0.29) is 6.61 Å². The van der Waals surface area contributed by atoms with Crippen LogP contribution < -0.4 is 4.74 Å². The molecule has 2 rings (SSSR count). The molecule has 20 heavy (non-hydrogen) atoms. The first-order chi connectivity index (χ1) is 9.61. The number of hydrogen-bond acceptors (Lipinski definition) is 3. The molecule has 1 aromatic carbocycles. The Hall–Kier alpha value is -1.81. The molecule has 4 nitrogen and oxygen atoms in total. The van der Waals surface area contributed by atoms with Crippen molar-refractivity contribution in [1.29, 1.82) is 0 Å². The highest BCUT2D eigenvalue weighted by Gasteiger charge is 2.11. The molecule has 0 aliphatic heterocycles. The molecule has 0 amide bonds. The Bertz CT molecular complexity index is 561. The zero-order chi connectivity index (χ0) is 14.5. The molecule has 0 aliphatic carbocycles. The smallest absolute Gasteiger partial charge is 0.119 e. The number of rotatable bonds is 6. The van der Waals surface area contributed by atoms with E-state index >= 15 is 0 Å². The van der Waals surface area contributed by atoms with Crippen LogP contribution in [0.2, 0.25) is 0 Å². The molecule has 2 aromatic rings. The Morgan fingerprint density at radius 2 is 2.15 bits per heavy atom. The van der Waals surface area contributed by atoms with Gasteiger partial charge in [0.2, 0.25) is 0 Å². The molecule has 4 heteroatoms. The van der Waals surface area contributed by atoms with Crippen molar-refractivity contribution in [2.24, 2.45) is 5.92 Å². The standard InChI is InChI=1S/C16H22N2O2/c1-11(2)7-8-20-14-6-4-5-13(9-14)16-15(10-19)12(3)17-18-16/h4-6,9,11,19H,7-8,10H2,1-3H3,(H,17,18). The molecule has 2 N–H and O–H groups in total. The molecule has 0 radical (unpaired) electrons. The highest BCUT2D eigenvalue weighted by molar-refractivity contribution is 5.65. The first kappa shape index (κ1) is 14.6. The second-order valence-electron chi connectivity index (χ2n) is 5.39. The quantitative estimate of drug-likeness (QED) is 0.849. The summed E-state index contributed by atoms with van der Waals surface area (Å²) >= 11 is 0. The zero-order valence-electron chi connectivity index (χ0n) is 12.3. The summed E-state index contributed by atoms with van der Waals surface area (Å²) in [6, 6.07) is 7.84. The van der Waals surface area contributed by atoms with Gasteiger partial charge in [-0.05, 0) is 31.4 Å². The van der Waals surface area contributed by atoms with Crippen LogP contribution in [0.15, 0.2) is 24.3 Å². The van der Waals surface area contributed by atoms with Crippen molar-refractivity contribution in [2.75, 3.05) is 6.61 Å². The van der Waals surface area contributed by atoms with E-state index < -0.39 is 0 Å². The lowest BCUT2D eigenvalue weighted by atomic mass is 10.1. The fraction of sp³-hybridized carbons (Fsp3) is 0.438. The lowest BCUT2D eigenvalue weighted by Crippen LogP contribution is -2.01. The number of nitrogens with one attached hydrogen (secondary N) is 1. The number of hydrogen-bond donors (Lipinski definition) is 2. The predicted octanol–water partition coefficient (Wildman–Crippen LogP) is 3.30. The van der Waals surface area contributed by atoms with Crippen molar-refractivity contribution in [1.82, 2.24) is 10.2 Å². The highest BCUT2D eigenvalue weighted by Crippen LogP contribution is 2.27. The summed E-state index contributed by atoms with van der Waals surface area (Å²) in [6.07, 6.45) is 1.04. The van der Waals surface area contributed by atoms with E-state index in [1.54, 1.807) is 0 Å². The Morgan fingerprint density at radius 3 is 2.85 bits per heavy atom. The highest BCUT2D eigenvalue weighted by atomic mass is 16.5. The second-order valence-corrected chi connectivity index (χ2v) is 5.39. The lowest BCUT2D eigenvalue weighted by Gasteiger charge is -2.09. The molecule has 0 atom stereocenters. The molecular formula is C16H22N2O2. The number of ether oxygens (including phenoxy) is 1. The van der Waals surface area contributed by atoms with Crippen LogP contribution in [0.1, 0.15) is 31.5 Å². The number of aryl methyl sites for hydroxylation is 1. The third-order valence-corrected chi connectivity index (χ3v) is 3.30. The summed E-state index contributed by atoms with van der Waals surface area (Å²) in [7, 11) is 0. The molecular weight excluding hydrogens is 252 g/mol. The van der Waals surface area contributed by atoms with Gasteiger partial charge in [0.25, 0.3) is 0 Å². The average Bonchev–Trinajstić information content (AvgIpc) is 2.79. The van der Waals surface area contributed by atoms with E-state index in [0.29, 0.717) is 12.5 Å². The minimum absolute atomic E-state index is 0.0178. The summed E-state index contributed by atoms with van der Waals surface area (Å²) in [5, 5.41) is 16.6. The number of benzene rings is 1. The summed E-state index contributed by atoms with van der Waals surface area (Å²) in [5.41, 5.74) is 3.48. The van der Waals surface area contributed by atoms with Crippen LogP contribution in [0.25, 0.3) is 11.3 Å². The van der Waals surface area contributed by atoms with Gasteiger partial charge in [-0.1, -0.05) is 26.0 Å². The van der Waals surface area contributed by atoms with Crippen LogP contribution in [-0.4, -0.2) is 21.9 Å². The number of H-pyrrole nitrogens is 1. The monoisotopic (exact) mass is 274 g/mol. The van der Waals surface area contributed by atoms with Crippen molar-refractivity contribution in [3.05, 3.63) is 35.5 Å². The van der Waals surface area contributed by atoms with Gasteiger partial charge in [0.1, 0.15) is 5.75 Å². The second kappa shape index (κ2) is 6.57. The van der Waals surface area contributed by atoms with Crippen LogP contribution >= 0.6 is 0 Å². The van der Waals surface area contributed by atoms with Gasteiger partial charge < -0.3 is 9.84 Å². The first-order valence-corrected chi connectivity index (χ1v) is 6.99. The van der Waals surface area contributed by atoms with Crippen molar-refractivity contribution in [3.8, 4) is 17.0 Å². The Balaban J connectivity index is 2.16. The SMILES string of the molecule is Cc1[nH]nc(-c2cccc(OCCC(C)C)c2)c1CO. The fourth-order valence-corrected chi connectivity index (χ4v) is 2.03. The topological polar surface area (TPSA) is 58.1 Å². The number of aromatic amines is 1. The van der Waals surface area contributed by atoms with E-state index in [0.717, 1.165) is 34.7 Å². The van der Waals surface area contributed by atoms with E-state index in [9.17, 15) is 5.11 Å². The lowest BCUT2D eigenvalue weighted by molar-refractivity contribution is 0.281. The summed E-state index contributed by atoms with van der Waals surface area (Å²) < 4.78 is 5.76. The van der Waals surface area contributed by atoms with Crippen LogP contribution in [0.5, 0.6) is 5.75 Å². The molecule has 0 spiro atoms. The predicted molar refractivity (Wildman–Crippen MR) is 79.6 cm³/mol. The maximum Gasteiger partial charge on any atom is 0.119 e. The molecule has 0 aliphatic rings. The average molecular weight is 274 g/mol. The van der Waals surface area contributed by atoms with E-state index in [2.05, 4.69) is 24.0 Å². The van der Waals surface area contributed by atoms with Crippen LogP contribution in [0.3, 0.4) is 0 Å². The van der Waals surface area contributed by atoms with Crippen molar-refractivity contribution in [2.45, 2.75) is 33.8 Å². The molecule has 1 heterocycles. The van der Waals surface area contributed by atoms with Gasteiger partial charge in [-0.3, -0.25) is 5.10 Å². The Labute approximate surface area is 119 Å².